The number of hydrogen-bond donors (Lipinski definition) is 2. The van der Waals surface area contributed by atoms with Crippen molar-refractivity contribution in [3.63, 3.8) is 0 Å². The predicted molar refractivity (Wildman–Crippen MR) is 55.6 cm³/mol. The standard InChI is InChI=1S/C12H16O2/c1-12(2)9(6-7-13)8-4-3-5-10(14)11(8)12/h3-5,9,13-14H,6-7H2,1-2H3. The van der Waals surface area contributed by atoms with E-state index in [9.17, 15) is 5.11 Å². The zero-order chi connectivity index (χ0) is 10.3. The van der Waals surface area contributed by atoms with Crippen LogP contribution >= 0.6 is 0 Å². The van der Waals surface area contributed by atoms with Crippen LogP contribution in [0.15, 0.2) is 18.2 Å². The summed E-state index contributed by atoms with van der Waals surface area (Å²) in [5, 5.41) is 18.7. The first-order valence-corrected chi connectivity index (χ1v) is 5.02. The molecule has 0 saturated carbocycles. The Balaban J connectivity index is 2.44. The summed E-state index contributed by atoms with van der Waals surface area (Å²) in [6.07, 6.45) is 0.781. The van der Waals surface area contributed by atoms with Gasteiger partial charge in [-0.15, -0.1) is 0 Å². The summed E-state index contributed by atoms with van der Waals surface area (Å²) in [5.74, 6) is 0.774. The van der Waals surface area contributed by atoms with Gasteiger partial charge in [-0.05, 0) is 24.0 Å². The van der Waals surface area contributed by atoms with Gasteiger partial charge in [-0.25, -0.2) is 0 Å². The molecule has 0 saturated heterocycles. The predicted octanol–water partition coefficient (Wildman–Crippen LogP) is 2.15. The van der Waals surface area contributed by atoms with Gasteiger partial charge in [0.1, 0.15) is 5.75 Å². The lowest BCUT2D eigenvalue weighted by Crippen LogP contribution is -2.38. The van der Waals surface area contributed by atoms with Crippen LogP contribution < -0.4 is 0 Å². The van der Waals surface area contributed by atoms with E-state index in [2.05, 4.69) is 13.8 Å². The van der Waals surface area contributed by atoms with E-state index in [1.54, 1.807) is 6.07 Å². The van der Waals surface area contributed by atoms with Gasteiger partial charge >= 0.3 is 0 Å². The fourth-order valence-electron chi connectivity index (χ4n) is 2.68. The third-order valence-electron chi connectivity index (χ3n) is 3.38. The van der Waals surface area contributed by atoms with Gasteiger partial charge < -0.3 is 10.2 Å². The molecule has 1 aromatic rings. The van der Waals surface area contributed by atoms with Crippen LogP contribution in [0.4, 0.5) is 0 Å². The van der Waals surface area contributed by atoms with E-state index >= 15 is 0 Å². The summed E-state index contributed by atoms with van der Waals surface area (Å²) in [5.41, 5.74) is 2.26. The van der Waals surface area contributed by atoms with Crippen molar-refractivity contribution in [2.45, 2.75) is 31.6 Å². The third-order valence-corrected chi connectivity index (χ3v) is 3.38. The lowest BCUT2D eigenvalue weighted by molar-refractivity contribution is 0.226. The van der Waals surface area contributed by atoms with Crippen LogP contribution in [0.3, 0.4) is 0 Å². The number of benzene rings is 1. The van der Waals surface area contributed by atoms with E-state index in [4.69, 9.17) is 5.11 Å². The molecule has 2 N–H and O–H groups in total. The van der Waals surface area contributed by atoms with Gasteiger partial charge in [0, 0.05) is 17.6 Å². The van der Waals surface area contributed by atoms with Gasteiger partial charge in [0.25, 0.3) is 0 Å². The second kappa shape index (κ2) is 2.99. The zero-order valence-corrected chi connectivity index (χ0v) is 8.62. The van der Waals surface area contributed by atoms with Crippen molar-refractivity contribution in [2.75, 3.05) is 6.61 Å². The highest BCUT2D eigenvalue weighted by atomic mass is 16.3. The molecule has 0 amide bonds. The highest BCUT2D eigenvalue weighted by Crippen LogP contribution is 2.55. The smallest absolute Gasteiger partial charge is 0.119 e. The summed E-state index contributed by atoms with van der Waals surface area (Å²) in [6, 6.07) is 5.64. The minimum absolute atomic E-state index is 0.00338. The molecule has 2 nitrogen and oxygen atoms in total. The molecule has 1 aliphatic rings. The molecular formula is C12H16O2. The molecule has 0 radical (unpaired) electrons. The van der Waals surface area contributed by atoms with Gasteiger partial charge in [-0.1, -0.05) is 26.0 Å². The van der Waals surface area contributed by atoms with Crippen molar-refractivity contribution >= 4 is 0 Å². The lowest BCUT2D eigenvalue weighted by atomic mass is 9.57. The summed E-state index contributed by atoms with van der Waals surface area (Å²) in [6.45, 7) is 4.45. The molecule has 1 atom stereocenters. The zero-order valence-electron chi connectivity index (χ0n) is 8.62. The van der Waals surface area contributed by atoms with Crippen LogP contribution in [0.5, 0.6) is 5.75 Å². The molecule has 76 valence electrons. The van der Waals surface area contributed by atoms with Crippen LogP contribution in [-0.2, 0) is 5.41 Å². The number of aromatic hydroxyl groups is 1. The topological polar surface area (TPSA) is 40.5 Å². The quantitative estimate of drug-likeness (QED) is 0.753. The van der Waals surface area contributed by atoms with Crippen LogP contribution in [0.1, 0.15) is 37.3 Å². The van der Waals surface area contributed by atoms with E-state index < -0.39 is 0 Å². The molecule has 1 unspecified atom stereocenters. The van der Waals surface area contributed by atoms with Gasteiger partial charge in [-0.3, -0.25) is 0 Å². The highest BCUT2D eigenvalue weighted by molar-refractivity contribution is 5.55. The molecule has 2 heteroatoms. The summed E-state index contributed by atoms with van der Waals surface area (Å²) < 4.78 is 0. The molecule has 0 fully saturated rings. The molecule has 0 aromatic heterocycles. The van der Waals surface area contributed by atoms with Gasteiger partial charge in [-0.2, -0.15) is 0 Å². The van der Waals surface area contributed by atoms with E-state index in [-0.39, 0.29) is 12.0 Å². The molecule has 0 bridgehead atoms. The van der Waals surface area contributed by atoms with Crippen molar-refractivity contribution in [3.8, 4) is 5.75 Å². The molecule has 0 spiro atoms. The minimum Gasteiger partial charge on any atom is -0.508 e. The number of aliphatic hydroxyl groups is 1. The van der Waals surface area contributed by atoms with Crippen LogP contribution in [0.2, 0.25) is 0 Å². The Hall–Kier alpha value is -1.02. The van der Waals surface area contributed by atoms with Crippen LogP contribution in [-0.4, -0.2) is 16.8 Å². The maximum atomic E-state index is 9.71. The number of fused-ring (bicyclic) bond motifs is 1. The van der Waals surface area contributed by atoms with Crippen molar-refractivity contribution < 1.29 is 10.2 Å². The molecule has 0 heterocycles. The van der Waals surface area contributed by atoms with E-state index in [1.165, 1.54) is 5.56 Å². The maximum absolute atomic E-state index is 9.71. The highest BCUT2D eigenvalue weighted by Gasteiger charge is 2.45. The van der Waals surface area contributed by atoms with Crippen LogP contribution in [0.25, 0.3) is 0 Å². The Kier molecular flexibility index (Phi) is 2.04. The third kappa shape index (κ3) is 1.07. The monoisotopic (exact) mass is 192 g/mol. The Morgan fingerprint density at radius 1 is 1.36 bits per heavy atom. The Labute approximate surface area is 84.2 Å². The normalized spacial score (nSPS) is 22.6. The van der Waals surface area contributed by atoms with Crippen molar-refractivity contribution in [3.05, 3.63) is 29.3 Å². The molecular weight excluding hydrogens is 176 g/mol. The Morgan fingerprint density at radius 2 is 2.07 bits per heavy atom. The van der Waals surface area contributed by atoms with E-state index in [0.717, 1.165) is 12.0 Å². The van der Waals surface area contributed by atoms with Gasteiger partial charge in [0.15, 0.2) is 0 Å². The number of aliphatic hydroxyl groups excluding tert-OH is 1. The molecule has 1 aliphatic carbocycles. The first-order valence-electron chi connectivity index (χ1n) is 5.02. The van der Waals surface area contributed by atoms with E-state index in [1.807, 2.05) is 12.1 Å². The van der Waals surface area contributed by atoms with Crippen molar-refractivity contribution in [1.82, 2.24) is 0 Å². The number of rotatable bonds is 2. The maximum Gasteiger partial charge on any atom is 0.119 e. The first kappa shape index (κ1) is 9.53. The summed E-state index contributed by atoms with van der Waals surface area (Å²) >= 11 is 0. The minimum atomic E-state index is 0.00338. The summed E-state index contributed by atoms with van der Waals surface area (Å²) in [7, 11) is 0. The fraction of sp³-hybridized carbons (Fsp3) is 0.500. The second-order valence-corrected chi connectivity index (χ2v) is 4.53. The molecule has 2 rings (SSSR count). The number of hydrogen-bond acceptors (Lipinski definition) is 2. The average Bonchev–Trinajstić information content (AvgIpc) is 2.13. The Morgan fingerprint density at radius 3 is 2.71 bits per heavy atom. The first-order chi connectivity index (χ1) is 6.59. The average molecular weight is 192 g/mol. The van der Waals surface area contributed by atoms with Gasteiger partial charge in [0.05, 0.1) is 0 Å². The van der Waals surface area contributed by atoms with Crippen molar-refractivity contribution in [1.29, 1.82) is 0 Å². The molecule has 0 aliphatic heterocycles. The van der Waals surface area contributed by atoms with E-state index in [0.29, 0.717) is 11.7 Å². The second-order valence-electron chi connectivity index (χ2n) is 4.53. The van der Waals surface area contributed by atoms with Crippen molar-refractivity contribution in [2.24, 2.45) is 0 Å². The summed E-state index contributed by atoms with van der Waals surface area (Å²) in [4.78, 5) is 0. The number of phenols is 1. The molecule has 1 aromatic carbocycles. The van der Waals surface area contributed by atoms with Gasteiger partial charge in [0.2, 0.25) is 0 Å². The fourth-order valence-corrected chi connectivity index (χ4v) is 2.68. The lowest BCUT2D eigenvalue weighted by Gasteiger charge is -2.47. The molecule has 14 heavy (non-hydrogen) atoms. The SMILES string of the molecule is CC1(C)c2c(O)cccc2C1CCO. The largest absolute Gasteiger partial charge is 0.508 e. The number of phenolic OH excluding ortho intramolecular Hbond substituents is 1. The van der Waals surface area contributed by atoms with Crippen LogP contribution in [0, 0.1) is 0 Å². The Bertz CT molecular complexity index is 355.